The molecule has 86 valence electrons. The topological polar surface area (TPSA) is 42.3 Å². The van der Waals surface area contributed by atoms with E-state index in [1.807, 2.05) is 24.3 Å². The average molecular weight is 226 g/mol. The lowest BCUT2D eigenvalue weighted by Gasteiger charge is -2.17. The van der Waals surface area contributed by atoms with Crippen LogP contribution >= 0.6 is 0 Å². The van der Waals surface area contributed by atoms with Gasteiger partial charge in [-0.3, -0.25) is 0 Å². The minimum Gasteiger partial charge on any atom is -0.245 e. The molecule has 1 saturated heterocycles. The Morgan fingerprint density at radius 3 is 2.76 bits per heavy atom. The Morgan fingerprint density at radius 1 is 1.35 bits per heavy atom. The Labute approximate surface area is 101 Å². The van der Waals surface area contributed by atoms with E-state index in [4.69, 9.17) is 5.26 Å². The highest BCUT2D eigenvalue weighted by Crippen LogP contribution is 2.26. The van der Waals surface area contributed by atoms with Crippen molar-refractivity contribution < 1.29 is 0 Å². The molecule has 1 fully saturated rings. The molecular weight excluding hydrogens is 212 g/mol. The monoisotopic (exact) mass is 226 g/mol. The molecule has 4 nitrogen and oxygen atoms in total. The summed E-state index contributed by atoms with van der Waals surface area (Å²) in [7, 11) is 0. The van der Waals surface area contributed by atoms with Crippen molar-refractivity contribution in [2.45, 2.75) is 13.0 Å². The van der Waals surface area contributed by atoms with E-state index in [9.17, 15) is 0 Å². The highest BCUT2D eigenvalue weighted by atomic mass is 15.8. The molecule has 4 heteroatoms. The van der Waals surface area contributed by atoms with E-state index in [1.54, 1.807) is 0 Å². The molecule has 1 aromatic carbocycles. The molecule has 2 aliphatic rings. The van der Waals surface area contributed by atoms with Crippen LogP contribution in [-0.4, -0.2) is 23.2 Å². The number of nitrogens with zero attached hydrogens (tertiary/aromatic N) is 3. The summed E-state index contributed by atoms with van der Waals surface area (Å²) < 4.78 is 0. The maximum atomic E-state index is 8.76. The van der Waals surface area contributed by atoms with E-state index in [0.29, 0.717) is 11.6 Å². The fourth-order valence-electron chi connectivity index (χ4n) is 2.35. The molecule has 0 saturated carbocycles. The van der Waals surface area contributed by atoms with Crippen molar-refractivity contribution in [2.75, 3.05) is 13.1 Å². The van der Waals surface area contributed by atoms with Crippen LogP contribution in [0.1, 0.15) is 24.1 Å². The standard InChI is InChI=1S/C13H14N4/c1-10-7-16-9-13(15-17(16)8-10)12-4-2-11(6-14)3-5-12/h2-5,8,13,15H,7,9H2,1H3. The number of hydrogen-bond acceptors (Lipinski definition) is 4. The van der Waals surface area contributed by atoms with E-state index in [1.165, 1.54) is 11.1 Å². The molecule has 2 aliphatic heterocycles. The summed E-state index contributed by atoms with van der Waals surface area (Å²) in [5.74, 6) is 0. The number of hydrogen-bond donors (Lipinski definition) is 1. The predicted molar refractivity (Wildman–Crippen MR) is 64.2 cm³/mol. The minimum absolute atomic E-state index is 0.312. The first-order chi connectivity index (χ1) is 8.26. The lowest BCUT2D eigenvalue weighted by Crippen LogP contribution is -2.33. The highest BCUT2D eigenvalue weighted by Gasteiger charge is 2.32. The van der Waals surface area contributed by atoms with Crippen LogP contribution in [0.15, 0.2) is 36.0 Å². The van der Waals surface area contributed by atoms with Gasteiger partial charge in [-0.1, -0.05) is 12.1 Å². The zero-order chi connectivity index (χ0) is 11.8. The maximum Gasteiger partial charge on any atom is 0.0991 e. The van der Waals surface area contributed by atoms with Gasteiger partial charge in [0.2, 0.25) is 0 Å². The van der Waals surface area contributed by atoms with Gasteiger partial charge >= 0.3 is 0 Å². The number of nitrogens with one attached hydrogen (secondary N) is 1. The molecule has 2 heterocycles. The van der Waals surface area contributed by atoms with Gasteiger partial charge in [0.1, 0.15) is 0 Å². The molecule has 0 bridgehead atoms. The van der Waals surface area contributed by atoms with E-state index in [0.717, 1.165) is 13.1 Å². The second kappa shape index (κ2) is 3.88. The smallest absolute Gasteiger partial charge is 0.0991 e. The highest BCUT2D eigenvalue weighted by molar-refractivity contribution is 5.33. The predicted octanol–water partition coefficient (Wildman–Crippen LogP) is 1.55. The Hall–Kier alpha value is -1.83. The molecule has 3 rings (SSSR count). The molecule has 0 amide bonds. The summed E-state index contributed by atoms with van der Waals surface area (Å²) >= 11 is 0. The Kier molecular flexibility index (Phi) is 2.36. The van der Waals surface area contributed by atoms with Crippen molar-refractivity contribution in [3.05, 3.63) is 47.2 Å². The minimum atomic E-state index is 0.312. The second-order valence-electron chi connectivity index (χ2n) is 4.58. The molecule has 0 aliphatic carbocycles. The number of nitriles is 1. The summed E-state index contributed by atoms with van der Waals surface area (Å²) in [6.45, 7) is 4.11. The fraction of sp³-hybridized carbons (Fsp3) is 0.308. The van der Waals surface area contributed by atoms with Crippen LogP contribution in [0.3, 0.4) is 0 Å². The lowest BCUT2D eigenvalue weighted by atomic mass is 10.1. The van der Waals surface area contributed by atoms with Crippen LogP contribution in [0.4, 0.5) is 0 Å². The van der Waals surface area contributed by atoms with E-state index < -0.39 is 0 Å². The molecule has 0 radical (unpaired) electrons. The number of hydrazine groups is 2. The molecule has 1 N–H and O–H groups in total. The normalized spacial score (nSPS) is 23.4. The summed E-state index contributed by atoms with van der Waals surface area (Å²) in [6.07, 6.45) is 2.13. The van der Waals surface area contributed by atoms with Gasteiger partial charge in [0.15, 0.2) is 0 Å². The van der Waals surface area contributed by atoms with Crippen LogP contribution in [0, 0.1) is 11.3 Å². The van der Waals surface area contributed by atoms with Crippen molar-refractivity contribution in [1.29, 1.82) is 5.26 Å². The molecule has 17 heavy (non-hydrogen) atoms. The summed E-state index contributed by atoms with van der Waals surface area (Å²) in [6, 6.07) is 10.2. The zero-order valence-corrected chi connectivity index (χ0v) is 9.72. The van der Waals surface area contributed by atoms with Gasteiger partial charge in [-0.2, -0.15) is 5.26 Å². The zero-order valence-electron chi connectivity index (χ0n) is 9.72. The molecule has 0 aromatic heterocycles. The van der Waals surface area contributed by atoms with Crippen LogP contribution in [0.2, 0.25) is 0 Å². The lowest BCUT2D eigenvalue weighted by molar-refractivity contribution is 0.0735. The van der Waals surface area contributed by atoms with Gasteiger partial charge in [0, 0.05) is 19.3 Å². The van der Waals surface area contributed by atoms with Gasteiger partial charge in [0.05, 0.1) is 17.7 Å². The first-order valence-electron chi connectivity index (χ1n) is 5.74. The second-order valence-corrected chi connectivity index (χ2v) is 4.58. The van der Waals surface area contributed by atoms with Crippen LogP contribution in [0.5, 0.6) is 0 Å². The first kappa shape index (κ1) is 10.3. The van der Waals surface area contributed by atoms with Gasteiger partial charge in [-0.05, 0) is 30.2 Å². The third-order valence-electron chi connectivity index (χ3n) is 3.20. The van der Waals surface area contributed by atoms with E-state index in [2.05, 4.69) is 34.7 Å². The Balaban J connectivity index is 1.77. The quantitative estimate of drug-likeness (QED) is 0.789. The van der Waals surface area contributed by atoms with Crippen molar-refractivity contribution in [1.82, 2.24) is 15.6 Å². The Bertz CT molecular complexity index is 497. The van der Waals surface area contributed by atoms with Crippen molar-refractivity contribution in [3.8, 4) is 6.07 Å². The van der Waals surface area contributed by atoms with Gasteiger partial charge < -0.3 is 0 Å². The largest absolute Gasteiger partial charge is 0.245 e. The first-order valence-corrected chi connectivity index (χ1v) is 5.74. The number of rotatable bonds is 1. The summed E-state index contributed by atoms with van der Waals surface area (Å²) in [5, 5.41) is 13.1. The number of fused-ring (bicyclic) bond motifs is 1. The molecule has 1 unspecified atom stereocenters. The van der Waals surface area contributed by atoms with Crippen LogP contribution in [0.25, 0.3) is 0 Å². The van der Waals surface area contributed by atoms with Crippen LogP contribution in [-0.2, 0) is 0 Å². The van der Waals surface area contributed by atoms with E-state index >= 15 is 0 Å². The molecule has 1 aromatic rings. The van der Waals surface area contributed by atoms with E-state index in [-0.39, 0.29) is 0 Å². The van der Waals surface area contributed by atoms with Crippen LogP contribution < -0.4 is 5.43 Å². The third-order valence-corrected chi connectivity index (χ3v) is 3.20. The van der Waals surface area contributed by atoms with Crippen molar-refractivity contribution >= 4 is 0 Å². The van der Waals surface area contributed by atoms with Crippen molar-refractivity contribution in [2.24, 2.45) is 0 Å². The number of benzene rings is 1. The van der Waals surface area contributed by atoms with Crippen molar-refractivity contribution in [3.63, 3.8) is 0 Å². The fourth-order valence-corrected chi connectivity index (χ4v) is 2.35. The average Bonchev–Trinajstić information content (AvgIpc) is 2.86. The summed E-state index contributed by atoms with van der Waals surface area (Å²) in [5.41, 5.74) is 6.75. The summed E-state index contributed by atoms with van der Waals surface area (Å²) in [4.78, 5) is 0. The van der Waals surface area contributed by atoms with Gasteiger partial charge in [-0.15, -0.1) is 0 Å². The molecular formula is C13H14N4. The molecule has 1 atom stereocenters. The third kappa shape index (κ3) is 1.80. The maximum absolute atomic E-state index is 8.76. The molecule has 0 spiro atoms. The van der Waals surface area contributed by atoms with Gasteiger partial charge in [0.25, 0.3) is 0 Å². The Morgan fingerprint density at radius 2 is 2.12 bits per heavy atom. The SMILES string of the molecule is CC1=CN2NC(c3ccc(C#N)cc3)CN2C1. The van der Waals surface area contributed by atoms with Gasteiger partial charge in [-0.25, -0.2) is 15.6 Å².